The Hall–Kier alpha value is -2.69. The smallest absolute Gasteiger partial charge is 0.132 e. The van der Waals surface area contributed by atoms with Gasteiger partial charge in [0.25, 0.3) is 0 Å². The van der Waals surface area contributed by atoms with E-state index in [0.717, 1.165) is 0 Å². The van der Waals surface area contributed by atoms with Crippen LogP contribution in [0.25, 0.3) is 28.2 Å². The van der Waals surface area contributed by atoms with Gasteiger partial charge in [-0.15, -0.1) is 0 Å². The zero-order valence-electron chi connectivity index (χ0n) is 13.8. The van der Waals surface area contributed by atoms with E-state index in [9.17, 15) is 8.78 Å². The Labute approximate surface area is 164 Å². The molecule has 0 atom stereocenters. The zero-order chi connectivity index (χ0) is 19.0. The first-order chi connectivity index (χ1) is 13.0. The van der Waals surface area contributed by atoms with Crippen LogP contribution in [-0.4, -0.2) is 9.78 Å². The number of rotatable bonds is 3. The average molecular weight is 401 g/mol. The van der Waals surface area contributed by atoms with Crippen LogP contribution in [-0.2, 0) is 0 Å². The molecule has 0 unspecified atom stereocenters. The van der Waals surface area contributed by atoms with Gasteiger partial charge < -0.3 is 0 Å². The van der Waals surface area contributed by atoms with Crippen LogP contribution < -0.4 is 0 Å². The lowest BCUT2D eigenvalue weighted by Crippen LogP contribution is -2.01. The van der Waals surface area contributed by atoms with Crippen molar-refractivity contribution in [2.24, 2.45) is 0 Å². The molecular weight excluding hydrogens is 389 g/mol. The van der Waals surface area contributed by atoms with Gasteiger partial charge in [-0.25, -0.2) is 13.5 Å². The predicted octanol–water partition coefficient (Wildman–Crippen LogP) is 6.79. The van der Waals surface area contributed by atoms with Crippen molar-refractivity contribution < 1.29 is 8.78 Å². The Kier molecular flexibility index (Phi) is 4.68. The lowest BCUT2D eigenvalue weighted by molar-refractivity contribution is 0.629. The van der Waals surface area contributed by atoms with Crippen molar-refractivity contribution >= 4 is 23.2 Å². The van der Waals surface area contributed by atoms with Crippen LogP contribution in [0.2, 0.25) is 10.0 Å². The van der Waals surface area contributed by atoms with Gasteiger partial charge >= 0.3 is 0 Å². The van der Waals surface area contributed by atoms with Gasteiger partial charge in [0.2, 0.25) is 0 Å². The summed E-state index contributed by atoms with van der Waals surface area (Å²) >= 11 is 12.3. The number of halogens is 4. The van der Waals surface area contributed by atoms with Crippen molar-refractivity contribution in [3.05, 3.63) is 94.5 Å². The van der Waals surface area contributed by atoms with Crippen LogP contribution in [0, 0.1) is 11.6 Å². The number of benzene rings is 3. The topological polar surface area (TPSA) is 17.8 Å². The van der Waals surface area contributed by atoms with Crippen molar-refractivity contribution in [2.75, 3.05) is 0 Å². The summed E-state index contributed by atoms with van der Waals surface area (Å²) in [7, 11) is 0. The van der Waals surface area contributed by atoms with E-state index in [1.807, 2.05) is 0 Å². The third-order valence-electron chi connectivity index (χ3n) is 4.15. The Morgan fingerprint density at radius 3 is 2.00 bits per heavy atom. The first-order valence-corrected chi connectivity index (χ1v) is 8.85. The third-order valence-corrected chi connectivity index (χ3v) is 4.68. The summed E-state index contributed by atoms with van der Waals surface area (Å²) in [6.45, 7) is 0. The summed E-state index contributed by atoms with van der Waals surface area (Å²) in [4.78, 5) is 0. The molecule has 0 aliphatic heterocycles. The summed E-state index contributed by atoms with van der Waals surface area (Å²) < 4.78 is 30.2. The molecule has 0 radical (unpaired) electrons. The molecule has 3 aromatic carbocycles. The maximum atomic E-state index is 14.5. The number of hydrogen-bond donors (Lipinski definition) is 0. The molecule has 0 saturated heterocycles. The van der Waals surface area contributed by atoms with Gasteiger partial charge in [-0.1, -0.05) is 47.5 Å². The lowest BCUT2D eigenvalue weighted by Gasteiger charge is -2.10. The second-order valence-electron chi connectivity index (χ2n) is 5.88. The van der Waals surface area contributed by atoms with Crippen LogP contribution in [0.3, 0.4) is 0 Å². The summed E-state index contributed by atoms with van der Waals surface area (Å²) in [5, 5.41) is 5.32. The molecule has 0 aliphatic carbocycles. The molecule has 4 aromatic rings. The maximum Gasteiger partial charge on any atom is 0.132 e. The lowest BCUT2D eigenvalue weighted by atomic mass is 10.1. The summed E-state index contributed by atoms with van der Waals surface area (Å²) in [5.41, 5.74) is 1.99. The fourth-order valence-electron chi connectivity index (χ4n) is 2.88. The highest BCUT2D eigenvalue weighted by Gasteiger charge is 2.18. The van der Waals surface area contributed by atoms with Gasteiger partial charge in [0.1, 0.15) is 11.6 Å². The van der Waals surface area contributed by atoms with Crippen molar-refractivity contribution in [3.63, 3.8) is 0 Å². The second kappa shape index (κ2) is 7.14. The molecule has 0 aliphatic rings. The molecule has 0 fully saturated rings. The van der Waals surface area contributed by atoms with Gasteiger partial charge in [-0.2, -0.15) is 5.10 Å². The molecule has 0 amide bonds. The number of nitrogens with zero attached hydrogens (tertiary/aromatic N) is 2. The monoisotopic (exact) mass is 400 g/mol. The van der Waals surface area contributed by atoms with Crippen molar-refractivity contribution in [3.8, 4) is 28.2 Å². The van der Waals surface area contributed by atoms with Gasteiger partial charge in [-0.05, 0) is 48.5 Å². The summed E-state index contributed by atoms with van der Waals surface area (Å²) in [5.74, 6) is -0.826. The molecule has 0 saturated carbocycles. The van der Waals surface area contributed by atoms with Crippen molar-refractivity contribution in [2.45, 2.75) is 0 Å². The van der Waals surface area contributed by atoms with E-state index in [-0.39, 0.29) is 0 Å². The van der Waals surface area contributed by atoms with Crippen LogP contribution in [0.1, 0.15) is 0 Å². The zero-order valence-corrected chi connectivity index (χ0v) is 15.3. The molecule has 134 valence electrons. The fraction of sp³-hybridized carbons (Fsp3) is 0. The second-order valence-corrected chi connectivity index (χ2v) is 6.73. The molecule has 6 heteroatoms. The SMILES string of the molecule is Fc1ccccc1-c1cc(-c2ccccc2F)n(-c2ccc(Cl)cc2Cl)n1. The molecule has 1 aromatic heterocycles. The first-order valence-electron chi connectivity index (χ1n) is 8.10. The van der Waals surface area contributed by atoms with Crippen molar-refractivity contribution in [1.82, 2.24) is 9.78 Å². The molecule has 0 spiro atoms. The Bertz CT molecular complexity index is 1140. The summed E-state index contributed by atoms with van der Waals surface area (Å²) in [6.07, 6.45) is 0. The van der Waals surface area contributed by atoms with E-state index in [1.54, 1.807) is 60.7 Å². The molecule has 2 nitrogen and oxygen atoms in total. The van der Waals surface area contributed by atoms with E-state index in [4.69, 9.17) is 23.2 Å². The van der Waals surface area contributed by atoms with Gasteiger partial charge in [0.15, 0.2) is 0 Å². The minimum atomic E-state index is -0.413. The van der Waals surface area contributed by atoms with Gasteiger partial charge in [-0.3, -0.25) is 0 Å². The van der Waals surface area contributed by atoms with E-state index < -0.39 is 11.6 Å². The summed E-state index contributed by atoms with van der Waals surface area (Å²) in [6, 6.07) is 19.2. The van der Waals surface area contributed by atoms with E-state index in [1.165, 1.54) is 16.8 Å². The van der Waals surface area contributed by atoms with Crippen LogP contribution in [0.5, 0.6) is 0 Å². The Morgan fingerprint density at radius 2 is 1.37 bits per heavy atom. The molecule has 27 heavy (non-hydrogen) atoms. The molecule has 1 heterocycles. The predicted molar refractivity (Wildman–Crippen MR) is 104 cm³/mol. The maximum absolute atomic E-state index is 14.5. The van der Waals surface area contributed by atoms with E-state index >= 15 is 0 Å². The normalized spacial score (nSPS) is 11.0. The largest absolute Gasteiger partial charge is 0.231 e. The third kappa shape index (κ3) is 3.34. The Balaban J connectivity index is 1.99. The van der Waals surface area contributed by atoms with Gasteiger partial charge in [0, 0.05) is 16.1 Å². The van der Waals surface area contributed by atoms with Gasteiger partial charge in [0.05, 0.1) is 22.1 Å². The number of aromatic nitrogens is 2. The highest BCUT2D eigenvalue weighted by atomic mass is 35.5. The minimum absolute atomic E-state index is 0.318. The average Bonchev–Trinajstić information content (AvgIpc) is 3.07. The standard InChI is InChI=1S/C21H12Cl2F2N2/c22-13-9-10-20(16(23)11-13)27-21(15-6-2-4-8-18(15)25)12-19(26-27)14-5-1-3-7-17(14)24/h1-12H. The molecular formula is C21H12Cl2F2N2. The number of hydrogen-bond acceptors (Lipinski definition) is 1. The highest BCUT2D eigenvalue weighted by Crippen LogP contribution is 2.34. The minimum Gasteiger partial charge on any atom is -0.231 e. The quantitative estimate of drug-likeness (QED) is 0.370. The van der Waals surface area contributed by atoms with E-state index in [2.05, 4.69) is 5.10 Å². The fourth-order valence-corrected chi connectivity index (χ4v) is 3.37. The molecule has 0 bridgehead atoms. The van der Waals surface area contributed by atoms with Crippen molar-refractivity contribution in [1.29, 1.82) is 0 Å². The highest BCUT2D eigenvalue weighted by molar-refractivity contribution is 6.35. The van der Waals surface area contributed by atoms with E-state index in [0.29, 0.717) is 38.2 Å². The van der Waals surface area contributed by atoms with Crippen LogP contribution in [0.4, 0.5) is 8.78 Å². The molecule has 0 N–H and O–H groups in total. The Morgan fingerprint density at radius 1 is 0.741 bits per heavy atom. The molecule has 4 rings (SSSR count). The van der Waals surface area contributed by atoms with Crippen LogP contribution >= 0.6 is 23.2 Å². The van der Waals surface area contributed by atoms with Crippen LogP contribution in [0.15, 0.2) is 72.8 Å². The first kappa shape index (κ1) is 17.7.